The molecule has 0 saturated carbocycles. The molecule has 2 aromatic rings. The van der Waals surface area contributed by atoms with E-state index in [0.29, 0.717) is 0 Å². The van der Waals surface area contributed by atoms with Crippen LogP contribution in [0, 0.1) is 6.92 Å². The van der Waals surface area contributed by atoms with Crippen molar-refractivity contribution in [3.05, 3.63) is 48.0 Å². The summed E-state index contributed by atoms with van der Waals surface area (Å²) in [4.78, 5) is 20.5. The highest BCUT2D eigenvalue weighted by Gasteiger charge is 2.22. The van der Waals surface area contributed by atoms with Crippen molar-refractivity contribution in [1.82, 2.24) is 24.6 Å². The van der Waals surface area contributed by atoms with Gasteiger partial charge < -0.3 is 4.90 Å². The Labute approximate surface area is 124 Å². The number of amides is 1. The highest BCUT2D eigenvalue weighted by atomic mass is 16.2. The molecule has 0 radical (unpaired) electrons. The highest BCUT2D eigenvalue weighted by molar-refractivity contribution is 5.76. The number of pyridine rings is 1. The van der Waals surface area contributed by atoms with E-state index < -0.39 is 0 Å². The Kier molecular flexibility index (Phi) is 3.96. The van der Waals surface area contributed by atoms with Crippen molar-refractivity contribution in [2.45, 2.75) is 13.5 Å². The SMILES string of the molecule is Cc1cnn(C(=O)N2CCN(Cc3ccncc3)CC2)c1. The summed E-state index contributed by atoms with van der Waals surface area (Å²) >= 11 is 0. The summed E-state index contributed by atoms with van der Waals surface area (Å²) in [6.45, 7) is 6.09. The lowest BCUT2D eigenvalue weighted by Crippen LogP contribution is -2.49. The molecule has 3 rings (SSSR count). The molecular formula is C15H19N5O. The zero-order valence-electron chi connectivity index (χ0n) is 12.1. The normalized spacial score (nSPS) is 16.1. The first-order valence-corrected chi connectivity index (χ1v) is 7.14. The summed E-state index contributed by atoms with van der Waals surface area (Å²) < 4.78 is 1.42. The van der Waals surface area contributed by atoms with Gasteiger partial charge in [0.25, 0.3) is 0 Å². The van der Waals surface area contributed by atoms with E-state index in [1.165, 1.54) is 10.2 Å². The van der Waals surface area contributed by atoms with E-state index in [9.17, 15) is 4.79 Å². The topological polar surface area (TPSA) is 54.3 Å². The van der Waals surface area contributed by atoms with Crippen molar-refractivity contribution in [3.8, 4) is 0 Å². The molecule has 6 heteroatoms. The number of aromatic nitrogens is 3. The number of aryl methyl sites for hydroxylation is 1. The monoisotopic (exact) mass is 285 g/mol. The van der Waals surface area contributed by atoms with E-state index in [1.54, 1.807) is 12.4 Å². The fourth-order valence-electron chi connectivity index (χ4n) is 2.51. The standard InChI is InChI=1S/C15H19N5O/c1-13-10-17-20(11-13)15(21)19-8-6-18(7-9-19)12-14-2-4-16-5-3-14/h2-5,10-11H,6-9,12H2,1H3. The van der Waals surface area contributed by atoms with E-state index in [4.69, 9.17) is 0 Å². The van der Waals surface area contributed by atoms with Crippen LogP contribution in [-0.4, -0.2) is 56.8 Å². The van der Waals surface area contributed by atoms with Gasteiger partial charge in [0.2, 0.25) is 0 Å². The van der Waals surface area contributed by atoms with Gasteiger partial charge in [-0.25, -0.2) is 4.79 Å². The molecule has 0 aromatic carbocycles. The minimum atomic E-state index is -0.0355. The molecule has 21 heavy (non-hydrogen) atoms. The van der Waals surface area contributed by atoms with Gasteiger partial charge in [0.05, 0.1) is 6.20 Å². The van der Waals surface area contributed by atoms with Crippen LogP contribution in [0.3, 0.4) is 0 Å². The van der Waals surface area contributed by atoms with Crippen molar-refractivity contribution < 1.29 is 4.79 Å². The molecule has 1 aliphatic rings. The van der Waals surface area contributed by atoms with Crippen LogP contribution in [0.5, 0.6) is 0 Å². The van der Waals surface area contributed by atoms with Crippen molar-refractivity contribution in [3.63, 3.8) is 0 Å². The summed E-state index contributed by atoms with van der Waals surface area (Å²) in [6.07, 6.45) is 7.10. The van der Waals surface area contributed by atoms with Gasteiger partial charge in [-0.05, 0) is 30.2 Å². The highest BCUT2D eigenvalue weighted by Crippen LogP contribution is 2.09. The first-order chi connectivity index (χ1) is 10.2. The van der Waals surface area contributed by atoms with Gasteiger partial charge in [-0.1, -0.05) is 0 Å². The summed E-state index contributed by atoms with van der Waals surface area (Å²) in [6, 6.07) is 4.03. The summed E-state index contributed by atoms with van der Waals surface area (Å²) in [5.74, 6) is 0. The van der Waals surface area contributed by atoms with Crippen molar-refractivity contribution in [1.29, 1.82) is 0 Å². The Morgan fingerprint density at radius 2 is 1.90 bits per heavy atom. The van der Waals surface area contributed by atoms with E-state index in [-0.39, 0.29) is 6.03 Å². The Morgan fingerprint density at radius 3 is 2.52 bits per heavy atom. The predicted octanol–water partition coefficient (Wildman–Crippen LogP) is 1.37. The Bertz CT molecular complexity index is 602. The van der Waals surface area contributed by atoms with Crippen molar-refractivity contribution in [2.24, 2.45) is 0 Å². The maximum absolute atomic E-state index is 12.3. The third kappa shape index (κ3) is 3.28. The molecule has 1 saturated heterocycles. The van der Waals surface area contributed by atoms with Gasteiger partial charge in [-0.2, -0.15) is 9.78 Å². The van der Waals surface area contributed by atoms with Gasteiger partial charge in [0.15, 0.2) is 0 Å². The van der Waals surface area contributed by atoms with E-state index in [2.05, 4.69) is 15.0 Å². The number of hydrogen-bond acceptors (Lipinski definition) is 4. The zero-order chi connectivity index (χ0) is 14.7. The molecule has 2 aromatic heterocycles. The quantitative estimate of drug-likeness (QED) is 0.836. The van der Waals surface area contributed by atoms with E-state index in [1.807, 2.05) is 36.4 Å². The van der Waals surface area contributed by atoms with Crippen LogP contribution >= 0.6 is 0 Å². The smallest absolute Gasteiger partial charge is 0.320 e. The summed E-state index contributed by atoms with van der Waals surface area (Å²) in [5, 5.41) is 4.08. The minimum Gasteiger partial charge on any atom is -0.320 e. The number of carbonyl (C=O) groups is 1. The van der Waals surface area contributed by atoms with Crippen LogP contribution in [-0.2, 0) is 6.54 Å². The van der Waals surface area contributed by atoms with Crippen LogP contribution in [0.1, 0.15) is 11.1 Å². The average Bonchev–Trinajstić information content (AvgIpc) is 2.95. The van der Waals surface area contributed by atoms with E-state index >= 15 is 0 Å². The van der Waals surface area contributed by atoms with Crippen LogP contribution in [0.25, 0.3) is 0 Å². The maximum Gasteiger partial charge on any atom is 0.344 e. The molecule has 3 heterocycles. The van der Waals surface area contributed by atoms with Crippen LogP contribution in [0.15, 0.2) is 36.9 Å². The van der Waals surface area contributed by atoms with Crippen molar-refractivity contribution in [2.75, 3.05) is 26.2 Å². The number of nitrogens with zero attached hydrogens (tertiary/aromatic N) is 5. The Balaban J connectivity index is 1.54. The molecule has 0 bridgehead atoms. The van der Waals surface area contributed by atoms with Crippen LogP contribution < -0.4 is 0 Å². The lowest BCUT2D eigenvalue weighted by Gasteiger charge is -2.34. The molecular weight excluding hydrogens is 266 g/mol. The number of carbonyl (C=O) groups excluding carboxylic acids is 1. The van der Waals surface area contributed by atoms with Gasteiger partial charge in [0.1, 0.15) is 0 Å². The fourth-order valence-corrected chi connectivity index (χ4v) is 2.51. The van der Waals surface area contributed by atoms with Gasteiger partial charge in [0, 0.05) is 51.3 Å². The maximum atomic E-state index is 12.3. The van der Waals surface area contributed by atoms with Gasteiger partial charge >= 0.3 is 6.03 Å². The van der Waals surface area contributed by atoms with Crippen LogP contribution in [0.2, 0.25) is 0 Å². The fraction of sp³-hybridized carbons (Fsp3) is 0.400. The molecule has 1 aliphatic heterocycles. The molecule has 110 valence electrons. The lowest BCUT2D eigenvalue weighted by atomic mass is 10.2. The molecule has 0 N–H and O–H groups in total. The number of rotatable bonds is 2. The van der Waals surface area contributed by atoms with Crippen LogP contribution in [0.4, 0.5) is 4.79 Å². The second-order valence-electron chi connectivity index (χ2n) is 5.36. The average molecular weight is 285 g/mol. The first kappa shape index (κ1) is 13.8. The van der Waals surface area contributed by atoms with Gasteiger partial charge in [-0.3, -0.25) is 9.88 Å². The molecule has 0 aliphatic carbocycles. The van der Waals surface area contributed by atoms with Crippen molar-refractivity contribution >= 4 is 6.03 Å². The first-order valence-electron chi connectivity index (χ1n) is 7.14. The largest absolute Gasteiger partial charge is 0.344 e. The number of hydrogen-bond donors (Lipinski definition) is 0. The summed E-state index contributed by atoms with van der Waals surface area (Å²) in [5.41, 5.74) is 2.26. The Morgan fingerprint density at radius 1 is 1.19 bits per heavy atom. The molecule has 0 unspecified atom stereocenters. The third-order valence-corrected chi connectivity index (χ3v) is 3.71. The second kappa shape index (κ2) is 6.05. The molecule has 0 atom stereocenters. The molecule has 1 amide bonds. The Hall–Kier alpha value is -2.21. The summed E-state index contributed by atoms with van der Waals surface area (Å²) in [7, 11) is 0. The minimum absolute atomic E-state index is 0.0355. The predicted molar refractivity (Wildman–Crippen MR) is 78.8 cm³/mol. The zero-order valence-corrected chi connectivity index (χ0v) is 12.1. The van der Waals surface area contributed by atoms with E-state index in [0.717, 1.165) is 38.3 Å². The lowest BCUT2D eigenvalue weighted by molar-refractivity contribution is 0.134. The second-order valence-corrected chi connectivity index (χ2v) is 5.36. The molecule has 0 spiro atoms. The number of piperazine rings is 1. The third-order valence-electron chi connectivity index (χ3n) is 3.71. The van der Waals surface area contributed by atoms with Gasteiger partial charge in [-0.15, -0.1) is 0 Å². The molecule has 6 nitrogen and oxygen atoms in total. The molecule has 1 fully saturated rings.